The van der Waals surface area contributed by atoms with E-state index in [4.69, 9.17) is 5.11 Å². The predicted molar refractivity (Wildman–Crippen MR) is 55.8 cm³/mol. The van der Waals surface area contributed by atoms with Gasteiger partial charge in [0, 0.05) is 0 Å². The fourth-order valence-electron chi connectivity index (χ4n) is 1.73. The minimum Gasteiger partial charge on any atom is -0.480 e. The number of amides is 3. The van der Waals surface area contributed by atoms with Gasteiger partial charge in [0.2, 0.25) is 0 Å². The van der Waals surface area contributed by atoms with E-state index in [2.05, 4.69) is 5.32 Å². The topological polar surface area (TPSA) is 86.7 Å². The Kier molecular flexibility index (Phi) is 3.51. The van der Waals surface area contributed by atoms with Gasteiger partial charge in [0.1, 0.15) is 12.1 Å². The molecule has 6 nitrogen and oxygen atoms in total. The highest BCUT2D eigenvalue weighted by molar-refractivity contribution is 6.08. The first-order valence-electron chi connectivity index (χ1n) is 5.26. The van der Waals surface area contributed by atoms with E-state index in [-0.39, 0.29) is 0 Å². The van der Waals surface area contributed by atoms with Crippen LogP contribution >= 0.6 is 0 Å². The van der Waals surface area contributed by atoms with Gasteiger partial charge in [0.15, 0.2) is 0 Å². The van der Waals surface area contributed by atoms with Crippen LogP contribution in [0.1, 0.15) is 33.1 Å². The molecule has 0 spiro atoms. The van der Waals surface area contributed by atoms with Crippen molar-refractivity contribution in [3.8, 4) is 0 Å². The first-order chi connectivity index (χ1) is 7.40. The minimum atomic E-state index is -1.19. The molecule has 0 bridgehead atoms. The second kappa shape index (κ2) is 4.51. The average Bonchev–Trinajstić information content (AvgIpc) is 2.39. The number of nitrogens with one attached hydrogen (secondary N) is 1. The summed E-state index contributed by atoms with van der Waals surface area (Å²) < 4.78 is 0. The monoisotopic (exact) mass is 228 g/mol. The molecular formula is C10H16N2O4. The molecule has 1 aliphatic rings. The van der Waals surface area contributed by atoms with Gasteiger partial charge >= 0.3 is 12.0 Å². The number of aliphatic carboxylic acids is 1. The van der Waals surface area contributed by atoms with Crippen molar-refractivity contribution in [1.82, 2.24) is 10.2 Å². The second-order valence-corrected chi connectivity index (χ2v) is 4.15. The SMILES string of the molecule is CCCCC1(C)NC(=O)N(CC(=O)O)C1=O. The molecule has 1 atom stereocenters. The molecule has 2 N–H and O–H groups in total. The van der Waals surface area contributed by atoms with E-state index in [0.29, 0.717) is 6.42 Å². The third kappa shape index (κ3) is 2.32. The molecule has 0 radical (unpaired) electrons. The van der Waals surface area contributed by atoms with Crippen molar-refractivity contribution in [3.63, 3.8) is 0 Å². The van der Waals surface area contributed by atoms with Crippen molar-refractivity contribution in [1.29, 1.82) is 0 Å². The lowest BCUT2D eigenvalue weighted by atomic mass is 9.95. The number of hydrogen-bond donors (Lipinski definition) is 2. The number of urea groups is 1. The van der Waals surface area contributed by atoms with Crippen LogP contribution < -0.4 is 5.32 Å². The quantitative estimate of drug-likeness (QED) is 0.673. The van der Waals surface area contributed by atoms with Crippen LogP contribution in [0.4, 0.5) is 4.79 Å². The van der Waals surface area contributed by atoms with E-state index in [1.165, 1.54) is 0 Å². The first kappa shape index (κ1) is 12.5. The van der Waals surface area contributed by atoms with Crippen molar-refractivity contribution in [3.05, 3.63) is 0 Å². The van der Waals surface area contributed by atoms with Crippen LogP contribution in [0.3, 0.4) is 0 Å². The highest BCUT2D eigenvalue weighted by atomic mass is 16.4. The zero-order valence-corrected chi connectivity index (χ0v) is 9.45. The highest BCUT2D eigenvalue weighted by Gasteiger charge is 2.47. The van der Waals surface area contributed by atoms with Crippen LogP contribution in [-0.2, 0) is 9.59 Å². The molecular weight excluding hydrogens is 212 g/mol. The molecule has 1 unspecified atom stereocenters. The Labute approximate surface area is 93.6 Å². The van der Waals surface area contributed by atoms with Gasteiger partial charge in [0.05, 0.1) is 0 Å². The lowest BCUT2D eigenvalue weighted by molar-refractivity contribution is -0.142. The lowest BCUT2D eigenvalue weighted by Crippen LogP contribution is -2.44. The number of carbonyl (C=O) groups excluding carboxylic acids is 2. The van der Waals surface area contributed by atoms with E-state index in [1.54, 1.807) is 6.92 Å². The van der Waals surface area contributed by atoms with Gasteiger partial charge in [-0.15, -0.1) is 0 Å². The van der Waals surface area contributed by atoms with Gasteiger partial charge in [-0.2, -0.15) is 0 Å². The number of carboxylic acid groups (broad SMARTS) is 1. The number of imide groups is 1. The number of nitrogens with zero attached hydrogens (tertiary/aromatic N) is 1. The van der Waals surface area contributed by atoms with Gasteiger partial charge in [-0.3, -0.25) is 14.5 Å². The summed E-state index contributed by atoms with van der Waals surface area (Å²) in [6.45, 7) is 3.04. The molecule has 16 heavy (non-hydrogen) atoms. The number of rotatable bonds is 5. The molecule has 1 fully saturated rings. The Morgan fingerprint density at radius 2 is 2.12 bits per heavy atom. The van der Waals surface area contributed by atoms with Crippen molar-refractivity contribution < 1.29 is 19.5 Å². The third-order valence-electron chi connectivity index (χ3n) is 2.67. The Morgan fingerprint density at radius 3 is 2.62 bits per heavy atom. The van der Waals surface area contributed by atoms with E-state index in [9.17, 15) is 14.4 Å². The van der Waals surface area contributed by atoms with Gasteiger partial charge < -0.3 is 10.4 Å². The van der Waals surface area contributed by atoms with Gasteiger partial charge in [0.25, 0.3) is 5.91 Å². The van der Waals surface area contributed by atoms with Gasteiger partial charge in [-0.05, 0) is 13.3 Å². The fraction of sp³-hybridized carbons (Fsp3) is 0.700. The minimum absolute atomic E-state index is 0.451. The number of carbonyl (C=O) groups is 3. The molecule has 90 valence electrons. The zero-order chi connectivity index (χ0) is 12.3. The van der Waals surface area contributed by atoms with Crippen LogP contribution in [0.25, 0.3) is 0 Å². The Hall–Kier alpha value is -1.59. The van der Waals surface area contributed by atoms with E-state index in [0.717, 1.165) is 17.7 Å². The summed E-state index contributed by atoms with van der Waals surface area (Å²) in [7, 11) is 0. The molecule has 0 aromatic carbocycles. The predicted octanol–water partition coefficient (Wildman–Crippen LogP) is 0.572. The third-order valence-corrected chi connectivity index (χ3v) is 2.67. The molecule has 0 aliphatic carbocycles. The van der Waals surface area contributed by atoms with Crippen LogP contribution in [0.2, 0.25) is 0 Å². The molecule has 3 amide bonds. The van der Waals surface area contributed by atoms with Gasteiger partial charge in [-0.25, -0.2) is 4.79 Å². The summed E-state index contributed by atoms with van der Waals surface area (Å²) in [4.78, 5) is 34.5. The summed E-state index contributed by atoms with van der Waals surface area (Å²) in [5.74, 6) is -1.64. The van der Waals surface area contributed by atoms with Crippen molar-refractivity contribution in [2.45, 2.75) is 38.6 Å². The maximum atomic E-state index is 11.9. The van der Waals surface area contributed by atoms with Crippen molar-refractivity contribution in [2.75, 3.05) is 6.54 Å². The largest absolute Gasteiger partial charge is 0.480 e. The number of unbranched alkanes of at least 4 members (excludes halogenated alkanes) is 1. The van der Waals surface area contributed by atoms with E-state index in [1.807, 2.05) is 6.92 Å². The Bertz CT molecular complexity index is 329. The normalized spacial score (nSPS) is 24.8. The molecule has 6 heteroatoms. The van der Waals surface area contributed by atoms with Crippen molar-refractivity contribution >= 4 is 17.9 Å². The number of carboxylic acids is 1. The lowest BCUT2D eigenvalue weighted by Gasteiger charge is -2.20. The summed E-state index contributed by atoms with van der Waals surface area (Å²) >= 11 is 0. The molecule has 0 aromatic heterocycles. The smallest absolute Gasteiger partial charge is 0.325 e. The van der Waals surface area contributed by atoms with Crippen LogP contribution in [0, 0.1) is 0 Å². The summed E-state index contributed by atoms with van der Waals surface area (Å²) in [5.41, 5.74) is -0.942. The van der Waals surface area contributed by atoms with Gasteiger partial charge in [-0.1, -0.05) is 19.8 Å². The molecule has 0 saturated carbocycles. The zero-order valence-electron chi connectivity index (χ0n) is 9.45. The Morgan fingerprint density at radius 1 is 1.50 bits per heavy atom. The molecule has 1 saturated heterocycles. The Balaban J connectivity index is 2.76. The molecule has 1 heterocycles. The van der Waals surface area contributed by atoms with Crippen LogP contribution in [0.5, 0.6) is 0 Å². The highest BCUT2D eigenvalue weighted by Crippen LogP contribution is 2.23. The van der Waals surface area contributed by atoms with E-state index >= 15 is 0 Å². The molecule has 1 rings (SSSR count). The van der Waals surface area contributed by atoms with Crippen LogP contribution in [-0.4, -0.2) is 40.0 Å². The maximum Gasteiger partial charge on any atom is 0.325 e. The molecule has 0 aromatic rings. The first-order valence-corrected chi connectivity index (χ1v) is 5.26. The van der Waals surface area contributed by atoms with E-state index < -0.39 is 30.0 Å². The fourth-order valence-corrected chi connectivity index (χ4v) is 1.73. The standard InChI is InChI=1S/C10H16N2O4/c1-3-4-5-10(2)8(15)12(6-7(13)14)9(16)11-10/h3-6H2,1-2H3,(H,11,16)(H,13,14). The van der Waals surface area contributed by atoms with Crippen LogP contribution in [0.15, 0.2) is 0 Å². The number of hydrogen-bond acceptors (Lipinski definition) is 3. The summed E-state index contributed by atoms with van der Waals surface area (Å²) in [6, 6.07) is -0.619. The second-order valence-electron chi connectivity index (χ2n) is 4.15. The summed E-state index contributed by atoms with van der Waals surface area (Å²) in [6.07, 6.45) is 2.26. The average molecular weight is 228 g/mol. The summed E-state index contributed by atoms with van der Waals surface area (Å²) in [5, 5.41) is 11.1. The molecule has 1 aliphatic heterocycles. The maximum absolute atomic E-state index is 11.9. The van der Waals surface area contributed by atoms with Crippen molar-refractivity contribution in [2.24, 2.45) is 0 Å².